The van der Waals surface area contributed by atoms with Gasteiger partial charge in [0.25, 0.3) is 10.0 Å². The Kier molecular flexibility index (Phi) is 3.55. The minimum atomic E-state index is -3.30. The van der Waals surface area contributed by atoms with Gasteiger partial charge in [0.2, 0.25) is 0 Å². The molecule has 6 heteroatoms. The summed E-state index contributed by atoms with van der Waals surface area (Å²) in [6.45, 7) is 0.688. The summed E-state index contributed by atoms with van der Waals surface area (Å²) in [4.78, 5) is 0. The van der Waals surface area contributed by atoms with Gasteiger partial charge in [-0.3, -0.25) is 0 Å². The van der Waals surface area contributed by atoms with Crippen LogP contribution in [-0.4, -0.2) is 25.3 Å². The van der Waals surface area contributed by atoms with Gasteiger partial charge in [-0.05, 0) is 59.0 Å². The van der Waals surface area contributed by atoms with Crippen LogP contribution in [0.25, 0.3) is 0 Å². The Morgan fingerprint density at radius 3 is 2.78 bits per heavy atom. The molecule has 1 aromatic heterocycles. The maximum Gasteiger partial charge on any atom is 0.253 e. The van der Waals surface area contributed by atoms with E-state index in [0.29, 0.717) is 21.1 Å². The van der Waals surface area contributed by atoms with E-state index < -0.39 is 10.0 Å². The summed E-state index contributed by atoms with van der Waals surface area (Å²) < 4.78 is 28.4. The first-order chi connectivity index (χ1) is 8.60. The van der Waals surface area contributed by atoms with Gasteiger partial charge < -0.3 is 0 Å². The van der Waals surface area contributed by atoms with Crippen LogP contribution in [0.3, 0.4) is 0 Å². The van der Waals surface area contributed by atoms with Crippen LogP contribution in [0.1, 0.15) is 32.1 Å². The van der Waals surface area contributed by atoms with E-state index in [1.807, 2.05) is 11.4 Å². The molecule has 2 atom stereocenters. The third-order valence-electron chi connectivity index (χ3n) is 4.07. The predicted octanol–water partition coefficient (Wildman–Crippen LogP) is 3.46. The topological polar surface area (TPSA) is 37.4 Å². The highest BCUT2D eigenvalue weighted by Gasteiger charge is 2.42. The van der Waals surface area contributed by atoms with Crippen molar-refractivity contribution in [3.8, 4) is 0 Å². The van der Waals surface area contributed by atoms with Gasteiger partial charge in [0.05, 0.1) is 0 Å². The Morgan fingerprint density at radius 2 is 2.06 bits per heavy atom. The van der Waals surface area contributed by atoms with Crippen molar-refractivity contribution in [1.82, 2.24) is 4.31 Å². The zero-order valence-electron chi connectivity index (χ0n) is 10.0. The molecule has 0 radical (unpaired) electrons. The highest BCUT2D eigenvalue weighted by Crippen LogP contribution is 2.41. The molecular formula is C12H16BrNO2S2. The number of hydrogen-bond donors (Lipinski definition) is 0. The van der Waals surface area contributed by atoms with Crippen molar-refractivity contribution < 1.29 is 8.42 Å². The summed E-state index contributed by atoms with van der Waals surface area (Å²) in [5.74, 6) is 0.590. The quantitative estimate of drug-likeness (QED) is 0.819. The van der Waals surface area contributed by atoms with Gasteiger partial charge in [0.1, 0.15) is 4.21 Å². The SMILES string of the molecule is O=S(=O)(c1sccc1Br)N1CCCC2CCCC21. The van der Waals surface area contributed by atoms with Crippen LogP contribution in [0.2, 0.25) is 0 Å². The van der Waals surface area contributed by atoms with Gasteiger partial charge in [-0.15, -0.1) is 11.3 Å². The average Bonchev–Trinajstić information content (AvgIpc) is 2.96. The molecule has 18 heavy (non-hydrogen) atoms. The van der Waals surface area contributed by atoms with Gasteiger partial charge in [0, 0.05) is 17.1 Å². The van der Waals surface area contributed by atoms with Crippen LogP contribution in [0.4, 0.5) is 0 Å². The fraction of sp³-hybridized carbons (Fsp3) is 0.667. The van der Waals surface area contributed by atoms with E-state index in [0.717, 1.165) is 12.8 Å². The summed E-state index contributed by atoms with van der Waals surface area (Å²) in [6, 6.07) is 2.06. The molecule has 2 fully saturated rings. The predicted molar refractivity (Wildman–Crippen MR) is 76.3 cm³/mol. The van der Waals surface area contributed by atoms with Crippen LogP contribution in [0.15, 0.2) is 20.1 Å². The highest BCUT2D eigenvalue weighted by molar-refractivity contribution is 9.10. The van der Waals surface area contributed by atoms with E-state index in [9.17, 15) is 8.42 Å². The molecule has 0 spiro atoms. The number of halogens is 1. The summed E-state index contributed by atoms with van der Waals surface area (Å²) >= 11 is 4.65. The van der Waals surface area contributed by atoms with Gasteiger partial charge in [0.15, 0.2) is 0 Å². The number of fused-ring (bicyclic) bond motifs is 1. The maximum absolute atomic E-state index is 12.7. The molecule has 3 rings (SSSR count). The molecule has 2 aliphatic rings. The second kappa shape index (κ2) is 4.89. The molecule has 3 nitrogen and oxygen atoms in total. The first-order valence-corrected chi connectivity index (χ1v) is 9.47. The lowest BCUT2D eigenvalue weighted by atomic mass is 9.94. The molecular weight excluding hydrogens is 334 g/mol. The Labute approximate surface area is 120 Å². The smallest absolute Gasteiger partial charge is 0.206 e. The highest BCUT2D eigenvalue weighted by atomic mass is 79.9. The van der Waals surface area contributed by atoms with Crippen LogP contribution < -0.4 is 0 Å². The lowest BCUT2D eigenvalue weighted by Gasteiger charge is -2.36. The van der Waals surface area contributed by atoms with Gasteiger partial charge in [-0.2, -0.15) is 4.31 Å². The summed E-state index contributed by atoms with van der Waals surface area (Å²) in [7, 11) is -3.30. The van der Waals surface area contributed by atoms with Crippen molar-refractivity contribution >= 4 is 37.3 Å². The minimum Gasteiger partial charge on any atom is -0.206 e. The molecule has 100 valence electrons. The first kappa shape index (κ1) is 13.1. The molecule has 1 aliphatic heterocycles. The van der Waals surface area contributed by atoms with E-state index in [2.05, 4.69) is 15.9 Å². The third-order valence-corrected chi connectivity index (χ3v) is 8.64. The van der Waals surface area contributed by atoms with Gasteiger partial charge in [-0.1, -0.05) is 6.42 Å². The third kappa shape index (κ3) is 2.07. The average molecular weight is 350 g/mol. The molecule has 2 heterocycles. The zero-order valence-corrected chi connectivity index (χ0v) is 13.2. The van der Waals surface area contributed by atoms with Crippen molar-refractivity contribution in [1.29, 1.82) is 0 Å². The fourth-order valence-electron chi connectivity index (χ4n) is 3.28. The van der Waals surface area contributed by atoms with E-state index in [4.69, 9.17) is 0 Å². The number of hydrogen-bond acceptors (Lipinski definition) is 3. The normalized spacial score (nSPS) is 29.4. The molecule has 1 saturated heterocycles. The summed E-state index contributed by atoms with van der Waals surface area (Å²) in [6.07, 6.45) is 5.60. The lowest BCUT2D eigenvalue weighted by Crippen LogP contribution is -2.45. The Morgan fingerprint density at radius 1 is 1.28 bits per heavy atom. The molecule has 0 N–H and O–H groups in total. The summed E-state index contributed by atoms with van der Waals surface area (Å²) in [5.41, 5.74) is 0. The second-order valence-corrected chi connectivity index (χ2v) is 8.93. The number of rotatable bonds is 2. The largest absolute Gasteiger partial charge is 0.253 e. The summed E-state index contributed by atoms with van der Waals surface area (Å²) in [5, 5.41) is 1.83. The van der Waals surface area contributed by atoms with Gasteiger partial charge in [-0.25, -0.2) is 8.42 Å². The van der Waals surface area contributed by atoms with Crippen LogP contribution in [0, 0.1) is 5.92 Å². The molecule has 1 aromatic rings. The monoisotopic (exact) mass is 349 g/mol. The molecule has 1 saturated carbocycles. The molecule has 0 bridgehead atoms. The van der Waals surface area contributed by atoms with Crippen LogP contribution in [-0.2, 0) is 10.0 Å². The molecule has 0 aromatic carbocycles. The second-order valence-electron chi connectivity index (χ2n) is 5.07. The fourth-order valence-corrected chi connectivity index (χ4v) is 7.46. The molecule has 0 amide bonds. The number of thiophene rings is 1. The standard InChI is InChI=1S/C12H16BrNO2S2/c13-10-6-8-17-12(10)18(15,16)14-7-2-4-9-3-1-5-11(9)14/h6,8-9,11H,1-5,7H2. The number of sulfonamides is 1. The Hall–Kier alpha value is 0.0900. The molecule has 1 aliphatic carbocycles. The number of nitrogens with zero attached hydrogens (tertiary/aromatic N) is 1. The van der Waals surface area contributed by atoms with E-state index >= 15 is 0 Å². The van der Waals surface area contributed by atoms with Crippen molar-refractivity contribution in [2.75, 3.05) is 6.54 Å². The first-order valence-electron chi connectivity index (χ1n) is 6.35. The van der Waals surface area contributed by atoms with E-state index in [-0.39, 0.29) is 6.04 Å². The zero-order chi connectivity index (χ0) is 12.8. The minimum absolute atomic E-state index is 0.248. The van der Waals surface area contributed by atoms with Gasteiger partial charge >= 0.3 is 0 Å². The Bertz CT molecular complexity index is 540. The van der Waals surface area contributed by atoms with Crippen molar-refractivity contribution in [2.24, 2.45) is 5.92 Å². The Balaban J connectivity index is 1.96. The van der Waals surface area contributed by atoms with Crippen LogP contribution in [0.5, 0.6) is 0 Å². The lowest BCUT2D eigenvalue weighted by molar-refractivity contribution is 0.202. The van der Waals surface area contributed by atoms with Crippen molar-refractivity contribution in [2.45, 2.75) is 42.4 Å². The van der Waals surface area contributed by atoms with E-state index in [1.165, 1.54) is 30.6 Å². The molecule has 2 unspecified atom stereocenters. The van der Waals surface area contributed by atoms with Crippen molar-refractivity contribution in [3.63, 3.8) is 0 Å². The van der Waals surface area contributed by atoms with Crippen LogP contribution >= 0.6 is 27.3 Å². The maximum atomic E-state index is 12.7. The number of piperidine rings is 1. The van der Waals surface area contributed by atoms with E-state index in [1.54, 1.807) is 4.31 Å². The van der Waals surface area contributed by atoms with Crippen molar-refractivity contribution in [3.05, 3.63) is 15.9 Å².